The van der Waals surface area contributed by atoms with Crippen molar-refractivity contribution in [2.75, 3.05) is 7.11 Å². The number of hydrogen-bond acceptors (Lipinski definition) is 3. The maximum atomic E-state index is 13.0. The molecule has 1 aliphatic rings. The molecule has 1 atom stereocenters. The lowest BCUT2D eigenvalue weighted by atomic mass is 9.97. The fraction of sp³-hybridized carbons (Fsp3) is 0.778. The van der Waals surface area contributed by atoms with Crippen LogP contribution in [0.2, 0.25) is 0 Å². The van der Waals surface area contributed by atoms with E-state index in [1.807, 2.05) is 0 Å². The summed E-state index contributed by atoms with van der Waals surface area (Å²) in [6.07, 6.45) is -0.397. The molecule has 0 aromatic rings. The van der Waals surface area contributed by atoms with E-state index in [-0.39, 0.29) is 18.6 Å². The molecule has 4 nitrogen and oxygen atoms in total. The first kappa shape index (κ1) is 12.0. The van der Waals surface area contributed by atoms with Gasteiger partial charge in [-0.15, -0.1) is 0 Å². The maximum absolute atomic E-state index is 13.0. The van der Waals surface area contributed by atoms with Crippen molar-refractivity contribution >= 4 is 11.7 Å². The molecule has 0 radical (unpaired) electrons. The molecule has 1 saturated heterocycles. The Hall–Kier alpha value is -1.04. The van der Waals surface area contributed by atoms with Crippen molar-refractivity contribution in [2.24, 2.45) is 0 Å². The Morgan fingerprint density at radius 3 is 2.73 bits per heavy atom. The average Bonchev–Trinajstić information content (AvgIpc) is 2.12. The lowest BCUT2D eigenvalue weighted by Gasteiger charge is -2.36. The number of alkyl halides is 2. The van der Waals surface area contributed by atoms with E-state index in [0.717, 1.165) is 7.11 Å². The third-order valence-corrected chi connectivity index (χ3v) is 2.36. The van der Waals surface area contributed by atoms with Gasteiger partial charge in [-0.1, -0.05) is 0 Å². The quantitative estimate of drug-likeness (QED) is 0.718. The molecule has 1 unspecified atom stereocenters. The van der Waals surface area contributed by atoms with Gasteiger partial charge in [-0.3, -0.25) is 14.4 Å². The SMILES string of the molecule is CON1C(=O)C(F)(F)CCC1CC(C)=O. The second-order valence-corrected chi connectivity index (χ2v) is 3.62. The van der Waals surface area contributed by atoms with Crippen molar-refractivity contribution in [3.05, 3.63) is 0 Å². The monoisotopic (exact) mass is 221 g/mol. The fourth-order valence-electron chi connectivity index (χ4n) is 1.65. The van der Waals surface area contributed by atoms with Crippen molar-refractivity contribution in [1.29, 1.82) is 0 Å². The molecule has 1 rings (SSSR count). The second-order valence-electron chi connectivity index (χ2n) is 3.62. The van der Waals surface area contributed by atoms with Gasteiger partial charge in [0.05, 0.1) is 13.2 Å². The molecule has 86 valence electrons. The van der Waals surface area contributed by atoms with Crippen LogP contribution in [0, 0.1) is 0 Å². The van der Waals surface area contributed by atoms with Crippen molar-refractivity contribution in [2.45, 2.75) is 38.2 Å². The van der Waals surface area contributed by atoms with E-state index in [1.165, 1.54) is 6.92 Å². The summed E-state index contributed by atoms with van der Waals surface area (Å²) in [6, 6.07) is -0.570. The smallest absolute Gasteiger partial charge is 0.300 e. The summed E-state index contributed by atoms with van der Waals surface area (Å²) >= 11 is 0. The molecule has 1 fully saturated rings. The minimum atomic E-state index is -3.37. The van der Waals surface area contributed by atoms with Crippen LogP contribution in [0.25, 0.3) is 0 Å². The normalized spacial score (nSPS) is 25.5. The van der Waals surface area contributed by atoms with E-state index < -0.39 is 24.3 Å². The molecule has 1 heterocycles. The van der Waals surface area contributed by atoms with Gasteiger partial charge in [0.2, 0.25) is 0 Å². The molecular weight excluding hydrogens is 208 g/mol. The Labute approximate surface area is 86.1 Å². The van der Waals surface area contributed by atoms with Crippen molar-refractivity contribution in [3.8, 4) is 0 Å². The Balaban J connectivity index is 2.78. The van der Waals surface area contributed by atoms with Gasteiger partial charge in [-0.2, -0.15) is 8.78 Å². The molecule has 0 bridgehead atoms. The highest BCUT2D eigenvalue weighted by atomic mass is 19.3. The van der Waals surface area contributed by atoms with Crippen LogP contribution < -0.4 is 0 Å². The first-order valence-electron chi connectivity index (χ1n) is 4.63. The summed E-state index contributed by atoms with van der Waals surface area (Å²) in [7, 11) is 1.15. The molecule has 0 aliphatic carbocycles. The number of Topliss-reactive ketones (excluding diaryl/α,β-unsaturated/α-hetero) is 1. The summed E-state index contributed by atoms with van der Waals surface area (Å²) in [6.45, 7) is 1.35. The number of hydrogen-bond donors (Lipinski definition) is 0. The van der Waals surface area contributed by atoms with E-state index in [4.69, 9.17) is 0 Å². The molecule has 0 aromatic heterocycles. The fourth-order valence-corrected chi connectivity index (χ4v) is 1.65. The summed E-state index contributed by atoms with van der Waals surface area (Å²) in [5.74, 6) is -4.88. The summed E-state index contributed by atoms with van der Waals surface area (Å²) in [5, 5.41) is 0.616. The van der Waals surface area contributed by atoms with E-state index in [0.29, 0.717) is 5.06 Å². The molecule has 0 saturated carbocycles. The predicted octanol–water partition coefficient (Wildman–Crippen LogP) is 1.15. The standard InChI is InChI=1S/C9H13F2NO3/c1-6(13)5-7-3-4-9(10,11)8(14)12(7)15-2/h7H,3-5H2,1-2H3. The lowest BCUT2D eigenvalue weighted by Crippen LogP contribution is -2.53. The first-order valence-corrected chi connectivity index (χ1v) is 4.63. The van der Waals surface area contributed by atoms with Crippen LogP contribution in [0.15, 0.2) is 0 Å². The number of carbonyl (C=O) groups is 2. The highest BCUT2D eigenvalue weighted by Crippen LogP contribution is 2.32. The minimum absolute atomic E-state index is 0.0512. The van der Waals surface area contributed by atoms with Gasteiger partial charge in [0, 0.05) is 12.8 Å². The molecule has 0 spiro atoms. The molecular formula is C9H13F2NO3. The number of rotatable bonds is 3. The van der Waals surface area contributed by atoms with Crippen LogP contribution in [0.4, 0.5) is 8.78 Å². The van der Waals surface area contributed by atoms with E-state index >= 15 is 0 Å². The molecule has 1 amide bonds. The van der Waals surface area contributed by atoms with Gasteiger partial charge < -0.3 is 0 Å². The predicted molar refractivity (Wildman–Crippen MR) is 47.1 cm³/mol. The topological polar surface area (TPSA) is 46.6 Å². The Kier molecular flexibility index (Phi) is 3.38. The van der Waals surface area contributed by atoms with Crippen LogP contribution in [-0.4, -0.2) is 35.8 Å². The average molecular weight is 221 g/mol. The van der Waals surface area contributed by atoms with Gasteiger partial charge >= 0.3 is 11.8 Å². The van der Waals surface area contributed by atoms with E-state index in [1.54, 1.807) is 0 Å². The second kappa shape index (κ2) is 4.22. The Morgan fingerprint density at radius 2 is 2.27 bits per heavy atom. The number of nitrogens with zero attached hydrogens (tertiary/aromatic N) is 1. The van der Waals surface area contributed by atoms with Crippen LogP contribution in [0.5, 0.6) is 0 Å². The maximum Gasteiger partial charge on any atom is 0.327 e. The van der Waals surface area contributed by atoms with Gasteiger partial charge in [-0.05, 0) is 13.3 Å². The minimum Gasteiger partial charge on any atom is -0.300 e. The lowest BCUT2D eigenvalue weighted by molar-refractivity contribution is -0.226. The van der Waals surface area contributed by atoms with Gasteiger partial charge in [-0.25, -0.2) is 5.06 Å². The van der Waals surface area contributed by atoms with Crippen molar-refractivity contribution < 1.29 is 23.2 Å². The van der Waals surface area contributed by atoms with Crippen LogP contribution in [-0.2, 0) is 14.4 Å². The van der Waals surface area contributed by atoms with Gasteiger partial charge in [0.25, 0.3) is 0 Å². The van der Waals surface area contributed by atoms with E-state index in [2.05, 4.69) is 4.84 Å². The van der Waals surface area contributed by atoms with Crippen molar-refractivity contribution in [1.82, 2.24) is 5.06 Å². The zero-order valence-electron chi connectivity index (χ0n) is 8.63. The largest absolute Gasteiger partial charge is 0.327 e. The summed E-state index contributed by atoms with van der Waals surface area (Å²) < 4.78 is 26.0. The number of carbonyl (C=O) groups excluding carboxylic acids is 2. The molecule has 0 N–H and O–H groups in total. The highest BCUT2D eigenvalue weighted by Gasteiger charge is 2.49. The highest BCUT2D eigenvalue weighted by molar-refractivity contribution is 5.84. The zero-order valence-corrected chi connectivity index (χ0v) is 8.63. The Bertz CT molecular complexity index is 281. The first-order chi connectivity index (χ1) is 6.88. The van der Waals surface area contributed by atoms with Crippen LogP contribution in [0.1, 0.15) is 26.2 Å². The number of ketones is 1. The third kappa shape index (κ3) is 2.50. The summed E-state index contributed by atoms with van der Waals surface area (Å²) in [4.78, 5) is 26.7. The number of piperidine rings is 1. The van der Waals surface area contributed by atoms with E-state index in [9.17, 15) is 18.4 Å². The molecule has 6 heteroatoms. The van der Waals surface area contributed by atoms with Gasteiger partial charge in [0.1, 0.15) is 5.78 Å². The molecule has 15 heavy (non-hydrogen) atoms. The summed E-state index contributed by atoms with van der Waals surface area (Å²) in [5.41, 5.74) is 0. The van der Waals surface area contributed by atoms with Gasteiger partial charge in [0.15, 0.2) is 0 Å². The van der Waals surface area contributed by atoms with Crippen molar-refractivity contribution in [3.63, 3.8) is 0 Å². The Morgan fingerprint density at radius 1 is 1.67 bits per heavy atom. The number of amides is 1. The zero-order chi connectivity index (χ0) is 11.6. The molecule has 0 aromatic carbocycles. The third-order valence-electron chi connectivity index (χ3n) is 2.36. The van der Waals surface area contributed by atoms with Crippen LogP contribution in [0.3, 0.4) is 0 Å². The number of hydroxylamine groups is 2. The van der Waals surface area contributed by atoms with Crippen LogP contribution >= 0.6 is 0 Å². The number of halogens is 2. The molecule has 1 aliphatic heterocycles.